The molecule has 1 unspecified atom stereocenters. The molecule has 0 spiro atoms. The number of aliphatic carboxylic acids is 1. The molecule has 0 saturated heterocycles. The molecule has 12 heteroatoms. The minimum Gasteiger partial charge on any atom is -0.480 e. The number of nitrogens with two attached hydrogens (primary N) is 1. The molecule has 342 valence electrons. The standard InChI is InChI=1S/C47H84NO10P/c1-3-5-7-9-11-13-15-17-19-20-21-22-23-25-26-28-30-32-34-36-38-45(49)55-40-43(41-56-59(53,54)57-42-44(48)47(51)52)58-46(50)39-37-35-33-31-29-27-24-18-16-14-12-10-8-6-4-2/h6,8,10,12,14,16,18,24,43-44H,3-5,7,9,11,13,15,17,19-23,25-42,48H2,1-2H3,(H,51,52)(H,53,54)/b8-6+,12-10+,16-14+,24-18+/t43-,44+/m0/s1. The molecule has 11 nitrogen and oxygen atoms in total. The number of hydrogen-bond acceptors (Lipinski definition) is 9. The molecule has 0 amide bonds. The molecule has 0 bridgehead atoms. The SMILES string of the molecule is CC/C=C/C=C/C=C/C=C/CCCCCCCC(=O)O[C@@H](COC(=O)CCCCCCCCCCCCCCCCCCCCCC)COP(=O)(O)OC[C@@H](N)C(=O)O. The number of carboxylic acids is 1. The van der Waals surface area contributed by atoms with Gasteiger partial charge in [-0.25, -0.2) is 4.57 Å². The predicted molar refractivity (Wildman–Crippen MR) is 240 cm³/mol. The summed E-state index contributed by atoms with van der Waals surface area (Å²) in [4.78, 5) is 46.0. The minimum atomic E-state index is -4.72. The lowest BCUT2D eigenvalue weighted by Crippen LogP contribution is -2.34. The van der Waals surface area contributed by atoms with E-state index in [9.17, 15) is 23.8 Å². The summed E-state index contributed by atoms with van der Waals surface area (Å²) in [5.74, 6) is -2.40. The Bertz CT molecular complexity index is 1190. The molecule has 0 aliphatic carbocycles. The highest BCUT2D eigenvalue weighted by molar-refractivity contribution is 7.47. The van der Waals surface area contributed by atoms with Crippen LogP contribution in [-0.2, 0) is 37.5 Å². The highest BCUT2D eigenvalue weighted by atomic mass is 31.2. The highest BCUT2D eigenvalue weighted by Gasteiger charge is 2.28. The van der Waals surface area contributed by atoms with Crippen LogP contribution in [0.5, 0.6) is 0 Å². The largest absolute Gasteiger partial charge is 0.480 e. The fraction of sp³-hybridized carbons (Fsp3) is 0.766. The summed E-state index contributed by atoms with van der Waals surface area (Å²) in [5, 5.41) is 8.90. The van der Waals surface area contributed by atoms with Gasteiger partial charge in [0.05, 0.1) is 13.2 Å². The van der Waals surface area contributed by atoms with Crippen LogP contribution >= 0.6 is 7.82 Å². The molecule has 0 radical (unpaired) electrons. The molecule has 59 heavy (non-hydrogen) atoms. The van der Waals surface area contributed by atoms with Crippen LogP contribution in [0.1, 0.15) is 200 Å². The Morgan fingerprint density at radius 2 is 0.949 bits per heavy atom. The number of hydrogen-bond donors (Lipinski definition) is 3. The van der Waals surface area contributed by atoms with Gasteiger partial charge in [0.2, 0.25) is 0 Å². The number of carbonyl (C=O) groups excluding carboxylic acids is 2. The van der Waals surface area contributed by atoms with Crippen molar-refractivity contribution in [2.45, 2.75) is 212 Å². The molecule has 4 N–H and O–H groups in total. The maximum atomic E-state index is 12.6. The first-order valence-electron chi connectivity index (χ1n) is 23.2. The molecule has 0 rings (SSSR count). The Kier molecular flexibility index (Phi) is 40.3. The Labute approximate surface area is 358 Å². The van der Waals surface area contributed by atoms with Gasteiger partial charge in [0.15, 0.2) is 6.10 Å². The zero-order valence-electron chi connectivity index (χ0n) is 37.1. The van der Waals surface area contributed by atoms with Gasteiger partial charge in [-0.05, 0) is 32.1 Å². The number of phosphoric acid groups is 1. The van der Waals surface area contributed by atoms with Crippen molar-refractivity contribution in [3.8, 4) is 0 Å². The van der Waals surface area contributed by atoms with E-state index in [1.807, 2.05) is 36.5 Å². The van der Waals surface area contributed by atoms with Crippen molar-refractivity contribution >= 4 is 25.7 Å². The zero-order valence-corrected chi connectivity index (χ0v) is 38.0. The number of phosphoric ester groups is 1. The molecule has 0 fully saturated rings. The van der Waals surface area contributed by atoms with Gasteiger partial charge in [-0.2, -0.15) is 0 Å². The van der Waals surface area contributed by atoms with Crippen molar-refractivity contribution in [2.24, 2.45) is 5.73 Å². The van der Waals surface area contributed by atoms with Gasteiger partial charge >= 0.3 is 25.7 Å². The van der Waals surface area contributed by atoms with Gasteiger partial charge in [-0.1, -0.05) is 204 Å². The van der Waals surface area contributed by atoms with Crippen molar-refractivity contribution in [3.63, 3.8) is 0 Å². The van der Waals surface area contributed by atoms with E-state index in [0.717, 1.165) is 57.8 Å². The number of allylic oxidation sites excluding steroid dienone is 8. The molecule has 3 atom stereocenters. The maximum Gasteiger partial charge on any atom is 0.472 e. The Morgan fingerprint density at radius 1 is 0.542 bits per heavy atom. The summed E-state index contributed by atoms with van der Waals surface area (Å²) < 4.78 is 32.7. The Balaban J connectivity index is 4.30. The second-order valence-electron chi connectivity index (χ2n) is 15.6. The lowest BCUT2D eigenvalue weighted by Gasteiger charge is -2.20. The van der Waals surface area contributed by atoms with E-state index in [2.05, 4.69) is 30.5 Å². The molecule has 0 aromatic carbocycles. The fourth-order valence-electron chi connectivity index (χ4n) is 6.31. The number of ether oxygens (including phenoxy) is 2. The van der Waals surface area contributed by atoms with Crippen LogP contribution in [0.2, 0.25) is 0 Å². The first kappa shape index (κ1) is 56.4. The molecular weight excluding hydrogens is 769 g/mol. The van der Waals surface area contributed by atoms with Crippen LogP contribution in [0, 0.1) is 0 Å². The van der Waals surface area contributed by atoms with Crippen molar-refractivity contribution in [3.05, 3.63) is 48.6 Å². The molecule has 0 heterocycles. The molecule has 0 aliphatic rings. The van der Waals surface area contributed by atoms with Crippen molar-refractivity contribution < 1.29 is 47.5 Å². The van der Waals surface area contributed by atoms with Gasteiger partial charge < -0.3 is 25.2 Å². The molecule has 0 aromatic rings. The third kappa shape index (κ3) is 41.9. The molecule has 0 aromatic heterocycles. The van der Waals surface area contributed by atoms with Crippen LogP contribution in [0.15, 0.2) is 48.6 Å². The van der Waals surface area contributed by atoms with Crippen molar-refractivity contribution in [2.75, 3.05) is 19.8 Å². The van der Waals surface area contributed by atoms with Gasteiger partial charge in [0.1, 0.15) is 12.6 Å². The fourth-order valence-corrected chi connectivity index (χ4v) is 7.09. The van der Waals surface area contributed by atoms with Gasteiger partial charge in [-0.15, -0.1) is 0 Å². The Hall–Kier alpha value is -2.56. The smallest absolute Gasteiger partial charge is 0.472 e. The van der Waals surface area contributed by atoms with Crippen molar-refractivity contribution in [1.82, 2.24) is 0 Å². The average molecular weight is 854 g/mol. The van der Waals surface area contributed by atoms with Crippen LogP contribution in [0.3, 0.4) is 0 Å². The summed E-state index contributed by atoms with van der Waals surface area (Å²) in [7, 11) is -4.72. The summed E-state index contributed by atoms with van der Waals surface area (Å²) in [6.07, 6.45) is 47.5. The first-order valence-corrected chi connectivity index (χ1v) is 24.7. The zero-order chi connectivity index (χ0) is 43.5. The van der Waals surface area contributed by atoms with E-state index in [4.69, 9.17) is 24.8 Å². The third-order valence-electron chi connectivity index (χ3n) is 9.94. The molecule has 0 saturated carbocycles. The van der Waals surface area contributed by atoms with E-state index < -0.39 is 51.1 Å². The number of carbonyl (C=O) groups is 3. The Morgan fingerprint density at radius 3 is 1.42 bits per heavy atom. The quantitative estimate of drug-likeness (QED) is 0.0231. The van der Waals surface area contributed by atoms with Gasteiger partial charge in [0.25, 0.3) is 0 Å². The van der Waals surface area contributed by atoms with Crippen LogP contribution in [0.4, 0.5) is 0 Å². The topological polar surface area (TPSA) is 172 Å². The van der Waals surface area contributed by atoms with Gasteiger partial charge in [0, 0.05) is 12.8 Å². The monoisotopic (exact) mass is 854 g/mol. The summed E-state index contributed by atoms with van der Waals surface area (Å²) >= 11 is 0. The second-order valence-corrected chi connectivity index (χ2v) is 17.1. The third-order valence-corrected chi connectivity index (χ3v) is 10.9. The van der Waals surface area contributed by atoms with Gasteiger partial charge in [-0.3, -0.25) is 23.4 Å². The number of rotatable bonds is 43. The highest BCUT2D eigenvalue weighted by Crippen LogP contribution is 2.43. The first-order chi connectivity index (χ1) is 28.6. The van der Waals surface area contributed by atoms with E-state index >= 15 is 0 Å². The summed E-state index contributed by atoms with van der Waals surface area (Å²) in [6.45, 7) is 2.66. The van der Waals surface area contributed by atoms with Crippen molar-refractivity contribution in [1.29, 1.82) is 0 Å². The number of carboxylic acid groups (broad SMARTS) is 1. The van der Waals surface area contributed by atoms with E-state index in [1.54, 1.807) is 0 Å². The second kappa shape index (κ2) is 42.1. The lowest BCUT2D eigenvalue weighted by molar-refractivity contribution is -0.161. The number of esters is 2. The number of unbranched alkanes of at least 4 members (excludes halogenated alkanes) is 24. The summed E-state index contributed by atoms with van der Waals surface area (Å²) in [5.41, 5.74) is 5.34. The maximum absolute atomic E-state index is 12.6. The lowest BCUT2D eigenvalue weighted by atomic mass is 10.0. The van der Waals surface area contributed by atoms with E-state index in [0.29, 0.717) is 12.8 Å². The van der Waals surface area contributed by atoms with Crippen LogP contribution in [0.25, 0.3) is 0 Å². The average Bonchev–Trinajstić information content (AvgIpc) is 3.21. The van der Waals surface area contributed by atoms with E-state index in [-0.39, 0.29) is 19.4 Å². The van der Waals surface area contributed by atoms with Crippen LogP contribution in [-0.4, -0.2) is 59.9 Å². The van der Waals surface area contributed by atoms with E-state index in [1.165, 1.54) is 103 Å². The minimum absolute atomic E-state index is 0.135. The molecule has 0 aliphatic heterocycles. The van der Waals surface area contributed by atoms with Crippen LogP contribution < -0.4 is 5.73 Å². The normalized spacial score (nSPS) is 14.1. The predicted octanol–water partition coefficient (Wildman–Crippen LogP) is 12.6. The molecular formula is C47H84NO10P. The summed E-state index contributed by atoms with van der Waals surface area (Å²) in [6, 6.07) is -1.53.